The van der Waals surface area contributed by atoms with Crippen LogP contribution in [0.5, 0.6) is 0 Å². The Labute approximate surface area is 107 Å². The zero-order chi connectivity index (χ0) is 12.5. The number of aliphatic hydroxyl groups excluding tert-OH is 1. The minimum atomic E-state index is -0.264. The fourth-order valence-electron chi connectivity index (χ4n) is 3.40. The van der Waals surface area contributed by atoms with Crippen molar-refractivity contribution in [2.24, 2.45) is 17.8 Å². The summed E-state index contributed by atoms with van der Waals surface area (Å²) in [6, 6.07) is 9.40. The molecule has 0 aliphatic heterocycles. The smallest absolute Gasteiger partial charge is 0.224 e. The molecule has 2 aliphatic carbocycles. The van der Waals surface area contributed by atoms with Gasteiger partial charge in [0.05, 0.1) is 12.6 Å². The Morgan fingerprint density at radius 2 is 1.94 bits per heavy atom. The number of fused-ring (bicyclic) bond motifs is 1. The minimum Gasteiger partial charge on any atom is -0.394 e. The van der Waals surface area contributed by atoms with E-state index in [2.05, 4.69) is 5.32 Å². The molecule has 2 fully saturated rings. The summed E-state index contributed by atoms with van der Waals surface area (Å²) >= 11 is 0. The molecule has 3 rings (SSSR count). The summed E-state index contributed by atoms with van der Waals surface area (Å²) in [4.78, 5) is 12.1. The fraction of sp³-hybridized carbons (Fsp3) is 0.533. The quantitative estimate of drug-likeness (QED) is 0.851. The summed E-state index contributed by atoms with van der Waals surface area (Å²) in [5.41, 5.74) is 0.971. The number of hydrogen-bond acceptors (Lipinski definition) is 2. The molecule has 1 aromatic carbocycles. The molecule has 0 heterocycles. The van der Waals surface area contributed by atoms with E-state index in [-0.39, 0.29) is 24.5 Å². The van der Waals surface area contributed by atoms with Gasteiger partial charge in [-0.1, -0.05) is 36.8 Å². The summed E-state index contributed by atoms with van der Waals surface area (Å²) < 4.78 is 0. The number of rotatable bonds is 4. The van der Waals surface area contributed by atoms with E-state index in [1.54, 1.807) is 0 Å². The van der Waals surface area contributed by atoms with Gasteiger partial charge in [-0.25, -0.2) is 0 Å². The van der Waals surface area contributed by atoms with Crippen molar-refractivity contribution in [1.82, 2.24) is 5.32 Å². The van der Waals surface area contributed by atoms with Crippen molar-refractivity contribution in [2.45, 2.75) is 25.3 Å². The Hall–Kier alpha value is -1.35. The largest absolute Gasteiger partial charge is 0.394 e. The van der Waals surface area contributed by atoms with Crippen molar-refractivity contribution >= 4 is 5.91 Å². The lowest BCUT2D eigenvalue weighted by molar-refractivity contribution is -0.124. The van der Waals surface area contributed by atoms with E-state index in [0.717, 1.165) is 5.56 Å². The zero-order valence-electron chi connectivity index (χ0n) is 10.4. The standard InChI is InChI=1S/C15H19NO2/c17-9-13(10-5-2-1-3-6-10)16-15(18)14-11-7-4-8-12(11)14/h1-3,5-6,11-14,17H,4,7-9H2,(H,16,18)/t11?,12?,13-,14?/m1/s1. The number of carbonyl (C=O) groups is 1. The van der Waals surface area contributed by atoms with Crippen molar-refractivity contribution in [2.75, 3.05) is 6.61 Å². The van der Waals surface area contributed by atoms with Crippen molar-refractivity contribution in [3.8, 4) is 0 Å². The van der Waals surface area contributed by atoms with Gasteiger partial charge in [0.15, 0.2) is 0 Å². The van der Waals surface area contributed by atoms with Gasteiger partial charge in [-0.05, 0) is 30.2 Å². The Balaban J connectivity index is 1.62. The fourth-order valence-corrected chi connectivity index (χ4v) is 3.40. The molecule has 0 aromatic heterocycles. The van der Waals surface area contributed by atoms with Crippen LogP contribution in [0.25, 0.3) is 0 Å². The van der Waals surface area contributed by atoms with Crippen molar-refractivity contribution in [3.05, 3.63) is 35.9 Å². The van der Waals surface area contributed by atoms with Crippen LogP contribution in [-0.2, 0) is 4.79 Å². The van der Waals surface area contributed by atoms with E-state index >= 15 is 0 Å². The molecule has 3 atom stereocenters. The van der Waals surface area contributed by atoms with Gasteiger partial charge in [0.1, 0.15) is 0 Å². The van der Waals surface area contributed by atoms with Gasteiger partial charge in [-0.15, -0.1) is 0 Å². The molecule has 2 unspecified atom stereocenters. The maximum atomic E-state index is 12.1. The number of nitrogens with one attached hydrogen (secondary N) is 1. The highest BCUT2D eigenvalue weighted by molar-refractivity contribution is 5.82. The van der Waals surface area contributed by atoms with Crippen LogP contribution in [-0.4, -0.2) is 17.6 Å². The van der Waals surface area contributed by atoms with Gasteiger partial charge in [-0.3, -0.25) is 4.79 Å². The second kappa shape index (κ2) is 4.73. The third-order valence-electron chi connectivity index (χ3n) is 4.41. The van der Waals surface area contributed by atoms with E-state index < -0.39 is 0 Å². The lowest BCUT2D eigenvalue weighted by Crippen LogP contribution is -2.32. The molecule has 0 radical (unpaired) electrons. The molecule has 1 amide bonds. The number of amides is 1. The predicted octanol–water partition coefficient (Wildman–Crippen LogP) is 1.88. The molecular formula is C15H19NO2. The Bertz CT molecular complexity index is 421. The Morgan fingerprint density at radius 3 is 2.56 bits per heavy atom. The minimum absolute atomic E-state index is 0.0438. The van der Waals surface area contributed by atoms with Crippen LogP contribution < -0.4 is 5.32 Å². The second-order valence-electron chi connectivity index (χ2n) is 5.44. The van der Waals surface area contributed by atoms with Crippen molar-refractivity contribution in [1.29, 1.82) is 0 Å². The van der Waals surface area contributed by atoms with Crippen LogP contribution in [0.3, 0.4) is 0 Å². The average Bonchev–Trinajstić information content (AvgIpc) is 2.90. The molecule has 96 valence electrons. The van der Waals surface area contributed by atoms with Crippen LogP contribution in [0.1, 0.15) is 30.9 Å². The molecule has 3 heteroatoms. The highest BCUT2D eigenvalue weighted by atomic mass is 16.3. The lowest BCUT2D eigenvalue weighted by Gasteiger charge is -2.17. The summed E-state index contributed by atoms with van der Waals surface area (Å²) in [5, 5.41) is 12.4. The summed E-state index contributed by atoms with van der Waals surface area (Å²) in [5.74, 6) is 1.60. The molecule has 0 spiro atoms. The summed E-state index contributed by atoms with van der Waals surface area (Å²) in [6.07, 6.45) is 3.69. The molecule has 2 saturated carbocycles. The molecule has 2 aliphatic rings. The molecule has 18 heavy (non-hydrogen) atoms. The SMILES string of the molecule is O=C(N[C@H](CO)c1ccccc1)C1C2CCCC21. The number of benzene rings is 1. The van der Waals surface area contributed by atoms with Gasteiger partial charge in [-0.2, -0.15) is 0 Å². The molecule has 1 aromatic rings. The van der Waals surface area contributed by atoms with Crippen LogP contribution >= 0.6 is 0 Å². The number of carbonyl (C=O) groups excluding carboxylic acids is 1. The van der Waals surface area contributed by atoms with E-state index in [1.165, 1.54) is 19.3 Å². The van der Waals surface area contributed by atoms with Crippen LogP contribution in [0.2, 0.25) is 0 Å². The molecule has 2 N–H and O–H groups in total. The van der Waals surface area contributed by atoms with Crippen LogP contribution in [0.15, 0.2) is 30.3 Å². The first-order valence-electron chi connectivity index (χ1n) is 6.77. The monoisotopic (exact) mass is 245 g/mol. The Kier molecular flexibility index (Phi) is 3.08. The summed E-state index contributed by atoms with van der Waals surface area (Å²) in [7, 11) is 0. The first-order chi connectivity index (χ1) is 8.81. The molecule has 0 saturated heterocycles. The molecular weight excluding hydrogens is 226 g/mol. The van der Waals surface area contributed by atoms with Gasteiger partial charge in [0.2, 0.25) is 5.91 Å². The molecule has 3 nitrogen and oxygen atoms in total. The van der Waals surface area contributed by atoms with Crippen molar-refractivity contribution in [3.63, 3.8) is 0 Å². The van der Waals surface area contributed by atoms with E-state index in [0.29, 0.717) is 11.8 Å². The highest BCUT2D eigenvalue weighted by Gasteiger charge is 2.56. The van der Waals surface area contributed by atoms with Gasteiger partial charge < -0.3 is 10.4 Å². The highest BCUT2D eigenvalue weighted by Crippen LogP contribution is 2.57. The predicted molar refractivity (Wildman–Crippen MR) is 68.7 cm³/mol. The first kappa shape index (κ1) is 11.7. The third-order valence-corrected chi connectivity index (χ3v) is 4.41. The normalized spacial score (nSPS) is 30.6. The second-order valence-corrected chi connectivity index (χ2v) is 5.44. The molecule has 0 bridgehead atoms. The van der Waals surface area contributed by atoms with Crippen LogP contribution in [0, 0.1) is 17.8 Å². The summed E-state index contributed by atoms with van der Waals surface area (Å²) in [6.45, 7) is -0.0438. The van der Waals surface area contributed by atoms with E-state index in [4.69, 9.17) is 0 Å². The third kappa shape index (κ3) is 2.03. The van der Waals surface area contributed by atoms with Crippen LogP contribution in [0.4, 0.5) is 0 Å². The van der Waals surface area contributed by atoms with Crippen molar-refractivity contribution < 1.29 is 9.90 Å². The van der Waals surface area contributed by atoms with Gasteiger partial charge in [0, 0.05) is 5.92 Å². The van der Waals surface area contributed by atoms with Gasteiger partial charge in [0.25, 0.3) is 0 Å². The Morgan fingerprint density at radius 1 is 1.28 bits per heavy atom. The lowest BCUT2D eigenvalue weighted by atomic mass is 10.1. The van der Waals surface area contributed by atoms with E-state index in [9.17, 15) is 9.90 Å². The number of aliphatic hydroxyl groups is 1. The van der Waals surface area contributed by atoms with Gasteiger partial charge >= 0.3 is 0 Å². The first-order valence-corrected chi connectivity index (χ1v) is 6.77. The number of hydrogen-bond donors (Lipinski definition) is 2. The maximum Gasteiger partial charge on any atom is 0.224 e. The maximum absolute atomic E-state index is 12.1. The van der Waals surface area contributed by atoms with E-state index in [1.807, 2.05) is 30.3 Å². The topological polar surface area (TPSA) is 49.3 Å². The zero-order valence-corrected chi connectivity index (χ0v) is 10.4. The average molecular weight is 245 g/mol.